The van der Waals surface area contributed by atoms with Gasteiger partial charge in [-0.25, -0.2) is 18.1 Å². The van der Waals surface area contributed by atoms with E-state index in [0.29, 0.717) is 12.4 Å². The zero-order valence-corrected chi connectivity index (χ0v) is 10.6. The summed E-state index contributed by atoms with van der Waals surface area (Å²) >= 11 is 0. The van der Waals surface area contributed by atoms with Crippen molar-refractivity contribution >= 4 is 10.0 Å². The first kappa shape index (κ1) is 14.1. The lowest BCUT2D eigenvalue weighted by molar-refractivity contribution is 0.185. The molecule has 0 aliphatic heterocycles. The van der Waals surface area contributed by atoms with Crippen LogP contribution in [0.4, 0.5) is 0 Å². The maximum absolute atomic E-state index is 11.8. The van der Waals surface area contributed by atoms with Gasteiger partial charge in [-0.3, -0.25) is 0 Å². The molecule has 0 saturated carbocycles. The number of aromatic nitrogens is 2. The van der Waals surface area contributed by atoms with Gasteiger partial charge < -0.3 is 14.8 Å². The van der Waals surface area contributed by atoms with Crippen LogP contribution in [0.2, 0.25) is 0 Å². The first-order valence-electron chi connectivity index (χ1n) is 5.22. The van der Waals surface area contributed by atoms with Gasteiger partial charge in [0.2, 0.25) is 0 Å². The zero-order valence-electron chi connectivity index (χ0n) is 9.79. The Morgan fingerprint density at radius 3 is 2.47 bits per heavy atom. The van der Waals surface area contributed by atoms with E-state index in [-0.39, 0.29) is 5.03 Å². The van der Waals surface area contributed by atoms with Gasteiger partial charge in [-0.05, 0) is 13.8 Å². The lowest BCUT2D eigenvalue weighted by Gasteiger charge is -2.11. The maximum atomic E-state index is 11.8. The Morgan fingerprint density at radius 1 is 1.47 bits per heavy atom. The van der Waals surface area contributed by atoms with Crippen molar-refractivity contribution in [2.75, 3.05) is 13.2 Å². The average molecular weight is 263 g/mol. The fourth-order valence-electron chi connectivity index (χ4n) is 1.34. The summed E-state index contributed by atoms with van der Waals surface area (Å²) in [6.07, 6.45) is 1.42. The number of sulfonamides is 1. The van der Waals surface area contributed by atoms with E-state index < -0.39 is 29.3 Å². The topological polar surface area (TPSA) is 104 Å². The predicted molar refractivity (Wildman–Crippen MR) is 60.9 cm³/mol. The van der Waals surface area contributed by atoms with Crippen LogP contribution in [0.5, 0.6) is 0 Å². The smallest absolute Gasteiger partial charge is 0.260 e. The van der Waals surface area contributed by atoms with Gasteiger partial charge in [0.05, 0.1) is 19.3 Å². The molecular weight excluding hydrogens is 246 g/mol. The molecule has 7 nitrogen and oxygen atoms in total. The first-order chi connectivity index (χ1) is 7.94. The van der Waals surface area contributed by atoms with Gasteiger partial charge in [0.15, 0.2) is 5.03 Å². The number of rotatable bonds is 6. The molecule has 1 aromatic rings. The molecule has 0 aromatic carbocycles. The van der Waals surface area contributed by atoms with E-state index in [1.54, 1.807) is 11.5 Å². The summed E-state index contributed by atoms with van der Waals surface area (Å²) in [5.74, 6) is 0.595. The van der Waals surface area contributed by atoms with E-state index in [1.807, 2.05) is 6.92 Å². The molecule has 1 aromatic heterocycles. The second-order valence-corrected chi connectivity index (χ2v) is 5.26. The monoisotopic (exact) mass is 263 g/mol. The van der Waals surface area contributed by atoms with E-state index in [0.717, 1.165) is 0 Å². The first-order valence-corrected chi connectivity index (χ1v) is 6.70. The van der Waals surface area contributed by atoms with Crippen LogP contribution in [-0.4, -0.2) is 47.4 Å². The van der Waals surface area contributed by atoms with Crippen molar-refractivity contribution < 1.29 is 18.6 Å². The molecule has 0 saturated heterocycles. The summed E-state index contributed by atoms with van der Waals surface area (Å²) in [4.78, 5) is 3.92. The number of aryl methyl sites for hydroxylation is 2. The van der Waals surface area contributed by atoms with Gasteiger partial charge in [0.25, 0.3) is 10.0 Å². The third kappa shape index (κ3) is 3.25. The van der Waals surface area contributed by atoms with E-state index in [9.17, 15) is 8.42 Å². The highest BCUT2D eigenvalue weighted by Crippen LogP contribution is 2.09. The van der Waals surface area contributed by atoms with Crippen molar-refractivity contribution in [2.24, 2.45) is 0 Å². The number of hydrogen-bond donors (Lipinski definition) is 3. The lowest BCUT2D eigenvalue weighted by atomic mass is 10.4. The number of nitrogens with zero attached hydrogens (tertiary/aromatic N) is 2. The summed E-state index contributed by atoms with van der Waals surface area (Å²) < 4.78 is 27.5. The van der Waals surface area contributed by atoms with E-state index in [4.69, 9.17) is 10.2 Å². The molecule has 1 heterocycles. The van der Waals surface area contributed by atoms with Crippen LogP contribution >= 0.6 is 0 Å². The standard InChI is InChI=1S/C9H17N3O4S/c1-3-12-4-9(10-7(12)2)17(15,16)11-8(5-13)6-14/h4,8,11,13-14H,3,5-6H2,1-2H3. The van der Waals surface area contributed by atoms with Crippen molar-refractivity contribution in [3.63, 3.8) is 0 Å². The minimum Gasteiger partial charge on any atom is -0.395 e. The Morgan fingerprint density at radius 2 is 2.06 bits per heavy atom. The summed E-state index contributed by atoms with van der Waals surface area (Å²) in [5.41, 5.74) is 0. The van der Waals surface area contributed by atoms with Crippen molar-refractivity contribution in [3.8, 4) is 0 Å². The van der Waals surface area contributed by atoms with Gasteiger partial charge in [0.1, 0.15) is 5.82 Å². The number of aliphatic hydroxyl groups excluding tert-OH is 2. The summed E-state index contributed by atoms with van der Waals surface area (Å²) in [7, 11) is -3.80. The molecule has 0 aliphatic carbocycles. The fourth-order valence-corrected chi connectivity index (χ4v) is 2.57. The number of aliphatic hydroxyl groups is 2. The Balaban J connectivity index is 2.96. The van der Waals surface area contributed by atoms with Gasteiger partial charge in [-0.15, -0.1) is 0 Å². The third-order valence-electron chi connectivity index (χ3n) is 2.33. The normalized spacial score (nSPS) is 12.3. The van der Waals surface area contributed by atoms with Gasteiger partial charge in [0, 0.05) is 12.7 Å². The molecular formula is C9H17N3O4S. The van der Waals surface area contributed by atoms with Gasteiger partial charge in [-0.1, -0.05) is 0 Å². The summed E-state index contributed by atoms with van der Waals surface area (Å²) in [6.45, 7) is 3.27. The van der Waals surface area contributed by atoms with Crippen molar-refractivity contribution in [1.82, 2.24) is 14.3 Å². The highest BCUT2D eigenvalue weighted by atomic mass is 32.2. The molecule has 0 unspecified atom stereocenters. The maximum Gasteiger partial charge on any atom is 0.260 e. The molecule has 0 spiro atoms. The Labute approximate surface area is 100 Å². The van der Waals surface area contributed by atoms with Crippen LogP contribution in [0.3, 0.4) is 0 Å². The molecule has 0 amide bonds. The summed E-state index contributed by atoms with van der Waals surface area (Å²) in [6, 6.07) is -0.910. The van der Waals surface area contributed by atoms with E-state index >= 15 is 0 Å². The molecule has 0 atom stereocenters. The number of hydrogen-bond acceptors (Lipinski definition) is 5. The van der Waals surface area contributed by atoms with Crippen LogP contribution in [0.1, 0.15) is 12.7 Å². The Kier molecular flexibility index (Phi) is 4.63. The predicted octanol–water partition coefficient (Wildman–Crippen LogP) is -1.16. The minimum absolute atomic E-state index is 0.108. The highest BCUT2D eigenvalue weighted by molar-refractivity contribution is 7.89. The second-order valence-electron chi connectivity index (χ2n) is 3.60. The quantitative estimate of drug-likeness (QED) is 0.600. The van der Waals surface area contributed by atoms with Crippen molar-refractivity contribution in [2.45, 2.75) is 31.5 Å². The largest absolute Gasteiger partial charge is 0.395 e. The van der Waals surface area contributed by atoms with Crippen LogP contribution in [-0.2, 0) is 16.6 Å². The third-order valence-corrected chi connectivity index (χ3v) is 3.72. The molecule has 0 bridgehead atoms. The Bertz CT molecular complexity index is 465. The SMILES string of the molecule is CCn1cc(S(=O)(=O)NC(CO)CO)nc1C. The van der Waals surface area contributed by atoms with Crippen LogP contribution in [0.25, 0.3) is 0 Å². The van der Waals surface area contributed by atoms with Gasteiger partial charge in [-0.2, -0.15) is 0 Å². The molecule has 3 N–H and O–H groups in total. The van der Waals surface area contributed by atoms with Crippen molar-refractivity contribution in [3.05, 3.63) is 12.0 Å². The molecule has 0 aliphatic rings. The number of imidazole rings is 1. The lowest BCUT2D eigenvalue weighted by Crippen LogP contribution is -2.40. The van der Waals surface area contributed by atoms with Crippen LogP contribution in [0, 0.1) is 6.92 Å². The highest BCUT2D eigenvalue weighted by Gasteiger charge is 2.22. The summed E-state index contributed by atoms with van der Waals surface area (Å²) in [5, 5.41) is 17.6. The molecule has 1 rings (SSSR count). The van der Waals surface area contributed by atoms with E-state index in [1.165, 1.54) is 6.20 Å². The number of nitrogens with one attached hydrogen (secondary N) is 1. The second kappa shape index (κ2) is 5.58. The minimum atomic E-state index is -3.80. The molecule has 0 radical (unpaired) electrons. The molecule has 0 fully saturated rings. The fraction of sp³-hybridized carbons (Fsp3) is 0.667. The van der Waals surface area contributed by atoms with Crippen LogP contribution in [0.15, 0.2) is 11.2 Å². The van der Waals surface area contributed by atoms with E-state index in [2.05, 4.69) is 9.71 Å². The average Bonchev–Trinajstić information content (AvgIpc) is 2.68. The van der Waals surface area contributed by atoms with Crippen LogP contribution < -0.4 is 4.72 Å². The Hall–Kier alpha value is -0.960. The molecule has 17 heavy (non-hydrogen) atoms. The zero-order chi connectivity index (χ0) is 13.1. The van der Waals surface area contributed by atoms with Crippen molar-refractivity contribution in [1.29, 1.82) is 0 Å². The van der Waals surface area contributed by atoms with Gasteiger partial charge >= 0.3 is 0 Å². The molecule has 98 valence electrons. The molecule has 8 heteroatoms.